The summed E-state index contributed by atoms with van der Waals surface area (Å²) in [5.74, 6) is 0.788. The summed E-state index contributed by atoms with van der Waals surface area (Å²) in [5, 5.41) is 5.21. The molecule has 1 heterocycles. The second-order valence-corrected chi connectivity index (χ2v) is 7.18. The van der Waals surface area contributed by atoms with Crippen molar-refractivity contribution in [2.24, 2.45) is 5.10 Å². The van der Waals surface area contributed by atoms with Crippen molar-refractivity contribution in [1.82, 2.24) is 9.99 Å². The number of nitrogens with one attached hydrogen (secondary N) is 1. The summed E-state index contributed by atoms with van der Waals surface area (Å²) in [5.41, 5.74) is 5.79. The van der Waals surface area contributed by atoms with Gasteiger partial charge in [-0.15, -0.1) is 0 Å². The van der Waals surface area contributed by atoms with Crippen LogP contribution in [0.15, 0.2) is 90.2 Å². The van der Waals surface area contributed by atoms with Crippen LogP contribution in [-0.2, 0) is 11.3 Å². The van der Waals surface area contributed by atoms with Gasteiger partial charge in [-0.25, -0.2) is 5.43 Å². The van der Waals surface area contributed by atoms with Crippen LogP contribution in [0.25, 0.3) is 10.9 Å². The number of hydrogen-bond donors (Lipinski definition) is 1. The first-order chi connectivity index (χ1) is 15.7. The molecule has 0 unspecified atom stereocenters. The highest BCUT2D eigenvalue weighted by molar-refractivity contribution is 5.99. The van der Waals surface area contributed by atoms with Gasteiger partial charge < -0.3 is 14.0 Å². The van der Waals surface area contributed by atoms with Gasteiger partial charge in [-0.3, -0.25) is 4.79 Å². The van der Waals surface area contributed by atoms with Gasteiger partial charge in [0.2, 0.25) is 0 Å². The van der Waals surface area contributed by atoms with Gasteiger partial charge in [0.25, 0.3) is 5.91 Å². The number of hydrogen-bond acceptors (Lipinski definition) is 4. The lowest BCUT2D eigenvalue weighted by Crippen LogP contribution is -2.24. The molecule has 1 aromatic heterocycles. The lowest BCUT2D eigenvalue weighted by atomic mass is 10.2. The molecular formula is C26H25N3O3. The molecule has 0 fully saturated rings. The smallest absolute Gasteiger partial charge is 0.277 e. The van der Waals surface area contributed by atoms with Gasteiger partial charge in [0.15, 0.2) is 18.1 Å². The molecular weight excluding hydrogens is 402 g/mol. The number of aromatic nitrogens is 1. The Morgan fingerprint density at radius 1 is 0.938 bits per heavy atom. The van der Waals surface area contributed by atoms with Crippen LogP contribution < -0.4 is 14.9 Å². The minimum Gasteiger partial charge on any atom is -0.490 e. The SMILES string of the molecule is CCOc1ccccc1OCC(=O)N/N=C\c1cn(Cc2ccccc2)c2ccccc12. The molecule has 0 bridgehead atoms. The van der Waals surface area contributed by atoms with E-state index < -0.39 is 0 Å². The molecule has 162 valence electrons. The zero-order valence-corrected chi connectivity index (χ0v) is 17.9. The maximum absolute atomic E-state index is 12.2. The van der Waals surface area contributed by atoms with E-state index in [9.17, 15) is 4.79 Å². The number of hydrazone groups is 1. The van der Waals surface area contributed by atoms with Gasteiger partial charge >= 0.3 is 0 Å². The molecule has 32 heavy (non-hydrogen) atoms. The summed E-state index contributed by atoms with van der Waals surface area (Å²) < 4.78 is 13.3. The molecule has 1 amide bonds. The van der Waals surface area contributed by atoms with Crippen molar-refractivity contribution in [3.05, 3.63) is 96.2 Å². The number of carbonyl (C=O) groups excluding carboxylic acids is 1. The average Bonchev–Trinajstić information content (AvgIpc) is 3.17. The van der Waals surface area contributed by atoms with E-state index in [2.05, 4.69) is 33.3 Å². The van der Waals surface area contributed by atoms with Crippen LogP contribution >= 0.6 is 0 Å². The van der Waals surface area contributed by atoms with Crippen molar-refractivity contribution in [2.45, 2.75) is 13.5 Å². The third kappa shape index (κ3) is 5.16. The standard InChI is InChI=1S/C26H25N3O3/c1-2-31-24-14-8-9-15-25(24)32-19-26(30)28-27-16-21-18-29(17-20-10-4-3-5-11-20)23-13-7-6-12-22(21)23/h3-16,18H,2,17,19H2,1H3,(H,28,30)/b27-16-. The topological polar surface area (TPSA) is 64.8 Å². The fourth-order valence-electron chi connectivity index (χ4n) is 3.48. The Kier molecular flexibility index (Phi) is 6.82. The van der Waals surface area contributed by atoms with Crippen LogP contribution in [0.2, 0.25) is 0 Å². The summed E-state index contributed by atoms with van der Waals surface area (Å²) in [6, 6.07) is 25.7. The number of fused-ring (bicyclic) bond motifs is 1. The van der Waals surface area contributed by atoms with Crippen LogP contribution in [0.4, 0.5) is 0 Å². The van der Waals surface area contributed by atoms with Crippen molar-refractivity contribution >= 4 is 23.0 Å². The molecule has 0 saturated heterocycles. The molecule has 0 aliphatic carbocycles. The van der Waals surface area contributed by atoms with Crippen LogP contribution in [0.3, 0.4) is 0 Å². The second kappa shape index (κ2) is 10.3. The zero-order valence-electron chi connectivity index (χ0n) is 17.9. The molecule has 1 N–H and O–H groups in total. The minimum absolute atomic E-state index is 0.156. The fraction of sp³-hybridized carbons (Fsp3) is 0.154. The molecule has 0 aliphatic heterocycles. The zero-order chi connectivity index (χ0) is 22.2. The normalized spacial score (nSPS) is 11.0. The van der Waals surface area contributed by atoms with Crippen LogP contribution in [0.1, 0.15) is 18.1 Å². The van der Waals surface area contributed by atoms with E-state index in [-0.39, 0.29) is 12.5 Å². The van der Waals surface area contributed by atoms with Crippen molar-refractivity contribution in [3.8, 4) is 11.5 Å². The summed E-state index contributed by atoms with van der Waals surface area (Å²) in [6.45, 7) is 3.02. The number of nitrogens with zero attached hydrogens (tertiary/aromatic N) is 2. The molecule has 4 aromatic rings. The number of carbonyl (C=O) groups is 1. The Labute approximate surface area is 187 Å². The number of ether oxygens (including phenoxy) is 2. The third-order valence-electron chi connectivity index (χ3n) is 4.92. The first-order valence-electron chi connectivity index (χ1n) is 10.5. The van der Waals surface area contributed by atoms with Crippen LogP contribution in [0, 0.1) is 0 Å². The Morgan fingerprint density at radius 2 is 1.62 bits per heavy atom. The van der Waals surface area contributed by atoms with E-state index in [0.717, 1.165) is 23.0 Å². The quantitative estimate of drug-likeness (QED) is 0.313. The lowest BCUT2D eigenvalue weighted by Gasteiger charge is -2.10. The summed E-state index contributed by atoms with van der Waals surface area (Å²) >= 11 is 0. The summed E-state index contributed by atoms with van der Waals surface area (Å²) in [6.07, 6.45) is 3.71. The Bertz CT molecular complexity index is 1220. The number of rotatable bonds is 9. The molecule has 0 spiro atoms. The molecule has 6 heteroatoms. The Morgan fingerprint density at radius 3 is 2.41 bits per heavy atom. The monoisotopic (exact) mass is 427 g/mol. The second-order valence-electron chi connectivity index (χ2n) is 7.18. The van der Waals surface area contributed by atoms with Crippen LogP contribution in [-0.4, -0.2) is 29.9 Å². The van der Waals surface area contributed by atoms with E-state index in [0.29, 0.717) is 18.1 Å². The summed E-state index contributed by atoms with van der Waals surface area (Å²) in [7, 11) is 0. The van der Waals surface area contributed by atoms with Gasteiger partial charge in [0.05, 0.1) is 12.8 Å². The predicted molar refractivity (Wildman–Crippen MR) is 126 cm³/mol. The molecule has 0 saturated carbocycles. The van der Waals surface area contributed by atoms with Crippen molar-refractivity contribution in [3.63, 3.8) is 0 Å². The van der Waals surface area contributed by atoms with E-state index in [1.807, 2.05) is 61.7 Å². The van der Waals surface area contributed by atoms with E-state index >= 15 is 0 Å². The first-order valence-corrected chi connectivity index (χ1v) is 10.5. The van der Waals surface area contributed by atoms with Gasteiger partial charge in [0.1, 0.15) is 0 Å². The van der Waals surface area contributed by atoms with Crippen molar-refractivity contribution in [2.75, 3.05) is 13.2 Å². The Balaban J connectivity index is 1.41. The van der Waals surface area contributed by atoms with E-state index in [4.69, 9.17) is 9.47 Å². The average molecular weight is 428 g/mol. The predicted octanol–water partition coefficient (Wildman–Crippen LogP) is 4.62. The minimum atomic E-state index is -0.347. The number of benzene rings is 3. The highest BCUT2D eigenvalue weighted by atomic mass is 16.5. The highest BCUT2D eigenvalue weighted by Crippen LogP contribution is 2.26. The lowest BCUT2D eigenvalue weighted by molar-refractivity contribution is -0.123. The van der Waals surface area contributed by atoms with Crippen molar-refractivity contribution in [1.29, 1.82) is 0 Å². The number of amides is 1. The van der Waals surface area contributed by atoms with Gasteiger partial charge in [-0.05, 0) is 30.7 Å². The van der Waals surface area contributed by atoms with Gasteiger partial charge in [-0.2, -0.15) is 5.10 Å². The van der Waals surface area contributed by atoms with Crippen molar-refractivity contribution < 1.29 is 14.3 Å². The first kappa shape index (κ1) is 21.2. The van der Waals surface area contributed by atoms with E-state index in [1.165, 1.54) is 5.56 Å². The third-order valence-corrected chi connectivity index (χ3v) is 4.92. The molecule has 0 aliphatic rings. The summed E-state index contributed by atoms with van der Waals surface area (Å²) in [4.78, 5) is 12.2. The maximum atomic E-state index is 12.2. The largest absolute Gasteiger partial charge is 0.490 e. The van der Waals surface area contributed by atoms with Gasteiger partial charge in [-0.1, -0.05) is 60.7 Å². The molecule has 0 radical (unpaired) electrons. The highest BCUT2D eigenvalue weighted by Gasteiger charge is 2.09. The van der Waals surface area contributed by atoms with Crippen LogP contribution in [0.5, 0.6) is 11.5 Å². The molecule has 6 nitrogen and oxygen atoms in total. The molecule has 0 atom stereocenters. The Hall–Kier alpha value is -4.06. The number of para-hydroxylation sites is 3. The fourth-order valence-corrected chi connectivity index (χ4v) is 3.48. The molecule has 4 rings (SSSR count). The maximum Gasteiger partial charge on any atom is 0.277 e. The molecule has 3 aromatic carbocycles. The van der Waals surface area contributed by atoms with Gasteiger partial charge in [0, 0.05) is 29.2 Å². The van der Waals surface area contributed by atoms with E-state index in [1.54, 1.807) is 18.3 Å².